The van der Waals surface area contributed by atoms with Crippen molar-refractivity contribution < 1.29 is 9.53 Å². The summed E-state index contributed by atoms with van der Waals surface area (Å²) >= 11 is 1.50. The van der Waals surface area contributed by atoms with Crippen LogP contribution >= 0.6 is 11.3 Å². The molecule has 2 heterocycles. The molecule has 1 aliphatic rings. The summed E-state index contributed by atoms with van der Waals surface area (Å²) in [5, 5.41) is 0.951. The molecule has 128 valence electrons. The number of hydrogen-bond donors (Lipinski definition) is 0. The number of aryl methyl sites for hydroxylation is 3. The van der Waals surface area contributed by atoms with E-state index < -0.39 is 0 Å². The molecule has 1 fully saturated rings. The topological polar surface area (TPSA) is 42.4 Å². The van der Waals surface area contributed by atoms with Crippen molar-refractivity contribution in [2.24, 2.45) is 5.92 Å². The summed E-state index contributed by atoms with van der Waals surface area (Å²) in [7, 11) is 0. The second kappa shape index (κ2) is 7.34. The molecule has 1 aromatic carbocycles. The molecule has 1 unspecified atom stereocenters. The highest BCUT2D eigenvalue weighted by atomic mass is 32.1. The summed E-state index contributed by atoms with van der Waals surface area (Å²) in [6, 6.07) is 8.12. The second-order valence-corrected chi connectivity index (χ2v) is 7.73. The molecule has 5 heteroatoms. The van der Waals surface area contributed by atoms with E-state index in [2.05, 4.69) is 24.0 Å². The van der Waals surface area contributed by atoms with Crippen molar-refractivity contribution in [1.29, 1.82) is 0 Å². The van der Waals surface area contributed by atoms with Crippen LogP contribution in [-0.4, -0.2) is 35.5 Å². The van der Waals surface area contributed by atoms with Crippen LogP contribution in [0.25, 0.3) is 0 Å². The van der Waals surface area contributed by atoms with E-state index in [1.165, 1.54) is 16.9 Å². The van der Waals surface area contributed by atoms with Crippen molar-refractivity contribution in [3.05, 3.63) is 45.4 Å². The predicted molar refractivity (Wildman–Crippen MR) is 96.9 cm³/mol. The van der Waals surface area contributed by atoms with Gasteiger partial charge in [0.05, 0.1) is 17.3 Å². The number of thiazole rings is 1. The quantitative estimate of drug-likeness (QED) is 0.842. The van der Waals surface area contributed by atoms with Gasteiger partial charge in [-0.25, -0.2) is 4.98 Å². The number of likely N-dealkylation sites (tertiary alicyclic amines) is 1. The molecule has 1 saturated heterocycles. The third-order valence-electron chi connectivity index (χ3n) is 4.41. The Labute approximate surface area is 147 Å². The van der Waals surface area contributed by atoms with Gasteiger partial charge in [0.1, 0.15) is 10.6 Å². The monoisotopic (exact) mass is 344 g/mol. The first kappa shape index (κ1) is 17.0. The van der Waals surface area contributed by atoms with E-state index in [-0.39, 0.29) is 5.91 Å². The van der Waals surface area contributed by atoms with Crippen LogP contribution in [0.5, 0.6) is 5.75 Å². The average molecular weight is 344 g/mol. The first-order valence-electron chi connectivity index (χ1n) is 8.45. The zero-order valence-electron chi connectivity index (χ0n) is 14.5. The highest BCUT2D eigenvalue weighted by Crippen LogP contribution is 2.24. The van der Waals surface area contributed by atoms with E-state index in [1.54, 1.807) is 0 Å². The Balaban J connectivity index is 1.58. The molecular formula is C19H24N2O2S. The number of aromatic nitrogens is 1. The lowest BCUT2D eigenvalue weighted by Crippen LogP contribution is -2.41. The molecule has 4 nitrogen and oxygen atoms in total. The number of amides is 1. The average Bonchev–Trinajstić information content (AvgIpc) is 2.92. The fourth-order valence-electron chi connectivity index (χ4n) is 3.11. The summed E-state index contributed by atoms with van der Waals surface area (Å²) in [4.78, 5) is 19.9. The normalized spacial score (nSPS) is 17.8. The number of nitrogens with zero attached hydrogens (tertiary/aromatic N) is 2. The Morgan fingerprint density at radius 1 is 1.29 bits per heavy atom. The zero-order valence-corrected chi connectivity index (χ0v) is 15.4. The highest BCUT2D eigenvalue weighted by Gasteiger charge is 2.27. The molecule has 1 aliphatic heterocycles. The minimum Gasteiger partial charge on any atom is -0.493 e. The molecule has 0 N–H and O–H groups in total. The number of piperidine rings is 1. The van der Waals surface area contributed by atoms with E-state index in [0.717, 1.165) is 47.3 Å². The highest BCUT2D eigenvalue weighted by molar-refractivity contribution is 7.13. The predicted octanol–water partition coefficient (Wildman–Crippen LogP) is 4.00. The van der Waals surface area contributed by atoms with E-state index in [9.17, 15) is 4.79 Å². The third kappa shape index (κ3) is 3.96. The van der Waals surface area contributed by atoms with Crippen LogP contribution in [0.3, 0.4) is 0 Å². The van der Waals surface area contributed by atoms with Gasteiger partial charge in [0, 0.05) is 19.0 Å². The smallest absolute Gasteiger partial charge is 0.265 e. The molecule has 2 aromatic rings. The summed E-state index contributed by atoms with van der Waals surface area (Å²) in [6.07, 6.45) is 2.14. The third-order valence-corrected chi connectivity index (χ3v) is 5.47. The van der Waals surface area contributed by atoms with Gasteiger partial charge in [-0.2, -0.15) is 0 Å². The SMILES string of the molecule is Cc1ccc(OCC2CCCN(C(=O)c3sc(C)nc3C)C2)cc1. The first-order valence-corrected chi connectivity index (χ1v) is 9.27. The molecule has 1 aromatic heterocycles. The Hall–Kier alpha value is -1.88. The van der Waals surface area contributed by atoms with Gasteiger partial charge in [-0.15, -0.1) is 11.3 Å². The number of hydrogen-bond acceptors (Lipinski definition) is 4. The molecule has 24 heavy (non-hydrogen) atoms. The molecule has 1 atom stereocenters. The maximum atomic E-state index is 12.7. The number of carbonyl (C=O) groups is 1. The maximum absolute atomic E-state index is 12.7. The maximum Gasteiger partial charge on any atom is 0.265 e. The lowest BCUT2D eigenvalue weighted by atomic mass is 9.98. The minimum absolute atomic E-state index is 0.123. The lowest BCUT2D eigenvalue weighted by molar-refractivity contribution is 0.0637. The molecule has 0 spiro atoms. The van der Waals surface area contributed by atoms with Crippen molar-refractivity contribution >= 4 is 17.2 Å². The van der Waals surface area contributed by atoms with Gasteiger partial charge in [-0.1, -0.05) is 17.7 Å². The number of carbonyl (C=O) groups excluding carboxylic acids is 1. The summed E-state index contributed by atoms with van der Waals surface area (Å²) in [6.45, 7) is 8.18. The van der Waals surface area contributed by atoms with Crippen LogP contribution in [0.15, 0.2) is 24.3 Å². The Bertz CT molecular complexity index is 709. The van der Waals surface area contributed by atoms with E-state index in [4.69, 9.17) is 4.74 Å². The van der Waals surface area contributed by atoms with Crippen molar-refractivity contribution in [3.63, 3.8) is 0 Å². The summed E-state index contributed by atoms with van der Waals surface area (Å²) in [5.74, 6) is 1.41. The van der Waals surface area contributed by atoms with Crippen LogP contribution in [-0.2, 0) is 0 Å². The van der Waals surface area contributed by atoms with Gasteiger partial charge >= 0.3 is 0 Å². The fourth-order valence-corrected chi connectivity index (χ4v) is 4.00. The van der Waals surface area contributed by atoms with Crippen LogP contribution in [0.1, 0.15) is 38.8 Å². The molecule has 0 radical (unpaired) electrons. The van der Waals surface area contributed by atoms with Crippen LogP contribution in [0.4, 0.5) is 0 Å². The van der Waals surface area contributed by atoms with E-state index in [0.29, 0.717) is 12.5 Å². The Kier molecular flexibility index (Phi) is 5.19. The Morgan fingerprint density at radius 3 is 2.71 bits per heavy atom. The summed E-state index contributed by atoms with van der Waals surface area (Å²) < 4.78 is 5.91. The molecule has 0 aliphatic carbocycles. The molecule has 3 rings (SSSR count). The van der Waals surface area contributed by atoms with Gasteiger partial charge < -0.3 is 9.64 Å². The summed E-state index contributed by atoms with van der Waals surface area (Å²) in [5.41, 5.74) is 2.08. The van der Waals surface area contributed by atoms with Gasteiger partial charge in [0.15, 0.2) is 0 Å². The van der Waals surface area contributed by atoms with Crippen molar-refractivity contribution in [1.82, 2.24) is 9.88 Å². The van der Waals surface area contributed by atoms with Gasteiger partial charge in [-0.05, 0) is 45.7 Å². The number of ether oxygens (including phenoxy) is 1. The lowest BCUT2D eigenvalue weighted by Gasteiger charge is -2.32. The van der Waals surface area contributed by atoms with Crippen molar-refractivity contribution in [2.45, 2.75) is 33.6 Å². The molecule has 0 bridgehead atoms. The number of rotatable bonds is 4. The minimum atomic E-state index is 0.123. The zero-order chi connectivity index (χ0) is 17.1. The fraction of sp³-hybridized carbons (Fsp3) is 0.474. The Morgan fingerprint density at radius 2 is 2.04 bits per heavy atom. The molecule has 0 saturated carbocycles. The van der Waals surface area contributed by atoms with Crippen LogP contribution in [0.2, 0.25) is 0 Å². The first-order chi connectivity index (χ1) is 11.5. The van der Waals surface area contributed by atoms with Gasteiger partial charge in [0.2, 0.25) is 0 Å². The second-order valence-electron chi connectivity index (χ2n) is 6.53. The van der Waals surface area contributed by atoms with Gasteiger partial charge in [-0.3, -0.25) is 4.79 Å². The standard InChI is InChI=1S/C19H24N2O2S/c1-13-6-8-17(9-7-13)23-12-16-5-4-10-21(11-16)19(22)18-14(2)20-15(3)24-18/h6-9,16H,4-5,10-12H2,1-3H3. The van der Waals surface area contributed by atoms with Crippen LogP contribution < -0.4 is 4.74 Å². The number of benzene rings is 1. The largest absolute Gasteiger partial charge is 0.493 e. The van der Waals surface area contributed by atoms with E-state index in [1.807, 2.05) is 30.9 Å². The van der Waals surface area contributed by atoms with Crippen LogP contribution in [0, 0.1) is 26.7 Å². The van der Waals surface area contributed by atoms with E-state index >= 15 is 0 Å². The van der Waals surface area contributed by atoms with Gasteiger partial charge in [0.25, 0.3) is 5.91 Å². The molecular weight excluding hydrogens is 320 g/mol. The van der Waals surface area contributed by atoms with Crippen molar-refractivity contribution in [2.75, 3.05) is 19.7 Å². The molecule has 1 amide bonds. The van der Waals surface area contributed by atoms with Crippen molar-refractivity contribution in [3.8, 4) is 5.75 Å².